The molecule has 0 spiro atoms. The highest BCUT2D eigenvalue weighted by Gasteiger charge is 2.25. The van der Waals surface area contributed by atoms with Gasteiger partial charge >= 0.3 is 0 Å². The SMILES string of the molecule is COc1ccc(F)cc1C1CCCCCC1N. The predicted molar refractivity (Wildman–Crippen MR) is 66.8 cm³/mol. The van der Waals surface area contributed by atoms with Crippen molar-refractivity contribution in [2.24, 2.45) is 5.73 Å². The highest BCUT2D eigenvalue weighted by atomic mass is 19.1. The van der Waals surface area contributed by atoms with Gasteiger partial charge in [-0.05, 0) is 31.0 Å². The van der Waals surface area contributed by atoms with Crippen molar-refractivity contribution in [1.82, 2.24) is 0 Å². The molecule has 0 heterocycles. The zero-order valence-electron chi connectivity index (χ0n) is 10.3. The monoisotopic (exact) mass is 237 g/mol. The van der Waals surface area contributed by atoms with Gasteiger partial charge in [0.05, 0.1) is 7.11 Å². The molecular formula is C14H20FNO. The van der Waals surface area contributed by atoms with E-state index in [4.69, 9.17) is 10.5 Å². The van der Waals surface area contributed by atoms with Gasteiger partial charge in [0.1, 0.15) is 11.6 Å². The fraction of sp³-hybridized carbons (Fsp3) is 0.571. The molecule has 0 radical (unpaired) electrons. The van der Waals surface area contributed by atoms with Crippen molar-refractivity contribution in [3.8, 4) is 5.75 Å². The number of halogens is 1. The van der Waals surface area contributed by atoms with E-state index in [1.54, 1.807) is 19.2 Å². The van der Waals surface area contributed by atoms with Crippen molar-refractivity contribution in [3.05, 3.63) is 29.6 Å². The molecule has 1 saturated carbocycles. The molecule has 0 bridgehead atoms. The second-order valence-corrected chi connectivity index (χ2v) is 4.79. The van der Waals surface area contributed by atoms with Gasteiger partial charge < -0.3 is 10.5 Å². The van der Waals surface area contributed by atoms with Crippen LogP contribution in [0.15, 0.2) is 18.2 Å². The number of hydrogen-bond acceptors (Lipinski definition) is 2. The van der Waals surface area contributed by atoms with E-state index >= 15 is 0 Å². The zero-order valence-corrected chi connectivity index (χ0v) is 10.3. The van der Waals surface area contributed by atoms with Gasteiger partial charge in [-0.1, -0.05) is 19.3 Å². The standard InChI is InChI=1S/C14H20FNO/c1-17-14-8-7-10(15)9-12(14)11-5-3-2-4-6-13(11)16/h7-9,11,13H,2-6,16H2,1H3. The van der Waals surface area contributed by atoms with Crippen LogP contribution in [0.2, 0.25) is 0 Å². The number of rotatable bonds is 2. The quantitative estimate of drug-likeness (QED) is 0.802. The average Bonchev–Trinajstić information content (AvgIpc) is 2.54. The molecule has 2 unspecified atom stereocenters. The maximum atomic E-state index is 13.4. The molecule has 2 N–H and O–H groups in total. The lowest BCUT2D eigenvalue weighted by Gasteiger charge is -2.23. The maximum absolute atomic E-state index is 13.4. The topological polar surface area (TPSA) is 35.2 Å². The molecule has 3 heteroatoms. The average molecular weight is 237 g/mol. The van der Waals surface area contributed by atoms with Crippen LogP contribution < -0.4 is 10.5 Å². The van der Waals surface area contributed by atoms with Gasteiger partial charge in [-0.2, -0.15) is 0 Å². The number of ether oxygens (including phenoxy) is 1. The Labute approximate surface area is 102 Å². The van der Waals surface area contributed by atoms with E-state index in [1.807, 2.05) is 0 Å². The van der Waals surface area contributed by atoms with Gasteiger partial charge in [0.25, 0.3) is 0 Å². The first-order chi connectivity index (χ1) is 8.22. The van der Waals surface area contributed by atoms with Crippen LogP contribution >= 0.6 is 0 Å². The van der Waals surface area contributed by atoms with Gasteiger partial charge in [-0.25, -0.2) is 4.39 Å². The Morgan fingerprint density at radius 1 is 1.24 bits per heavy atom. The first-order valence-corrected chi connectivity index (χ1v) is 6.31. The summed E-state index contributed by atoms with van der Waals surface area (Å²) in [5.41, 5.74) is 7.14. The third-order valence-electron chi connectivity index (χ3n) is 3.66. The second kappa shape index (κ2) is 5.50. The number of benzene rings is 1. The molecule has 1 aliphatic carbocycles. The molecule has 94 valence electrons. The largest absolute Gasteiger partial charge is 0.496 e. The summed E-state index contributed by atoms with van der Waals surface area (Å²) in [6.45, 7) is 0. The Bertz CT molecular complexity index is 380. The van der Waals surface area contributed by atoms with Crippen molar-refractivity contribution >= 4 is 0 Å². The van der Waals surface area contributed by atoms with Gasteiger partial charge in [-0.15, -0.1) is 0 Å². The van der Waals surface area contributed by atoms with Crippen molar-refractivity contribution < 1.29 is 9.13 Å². The minimum Gasteiger partial charge on any atom is -0.496 e. The lowest BCUT2D eigenvalue weighted by atomic mass is 9.87. The minimum atomic E-state index is -0.211. The summed E-state index contributed by atoms with van der Waals surface area (Å²) in [5, 5.41) is 0. The summed E-state index contributed by atoms with van der Waals surface area (Å²) in [6.07, 6.45) is 5.61. The Kier molecular flexibility index (Phi) is 4.00. The smallest absolute Gasteiger partial charge is 0.123 e. The van der Waals surface area contributed by atoms with Crippen molar-refractivity contribution in [3.63, 3.8) is 0 Å². The van der Waals surface area contributed by atoms with E-state index < -0.39 is 0 Å². The van der Waals surface area contributed by atoms with Crippen LogP contribution in [0.4, 0.5) is 4.39 Å². The van der Waals surface area contributed by atoms with Gasteiger partial charge in [0.15, 0.2) is 0 Å². The summed E-state index contributed by atoms with van der Waals surface area (Å²) in [6, 6.07) is 4.83. The lowest BCUT2D eigenvalue weighted by Crippen LogP contribution is -2.27. The first kappa shape index (κ1) is 12.4. The first-order valence-electron chi connectivity index (χ1n) is 6.31. The Morgan fingerprint density at radius 3 is 2.76 bits per heavy atom. The predicted octanol–water partition coefficient (Wildman–Crippen LogP) is 3.21. The third kappa shape index (κ3) is 2.78. The molecule has 0 saturated heterocycles. The fourth-order valence-corrected chi connectivity index (χ4v) is 2.72. The summed E-state index contributed by atoms with van der Waals surface area (Å²) in [5.74, 6) is 0.772. The Morgan fingerprint density at radius 2 is 2.00 bits per heavy atom. The maximum Gasteiger partial charge on any atom is 0.123 e. The summed E-state index contributed by atoms with van der Waals surface area (Å²) < 4.78 is 18.7. The molecule has 0 amide bonds. The molecule has 2 nitrogen and oxygen atoms in total. The van der Waals surface area contributed by atoms with E-state index in [0.717, 1.165) is 30.6 Å². The molecule has 0 aromatic heterocycles. The molecule has 1 aromatic carbocycles. The van der Waals surface area contributed by atoms with Crippen LogP contribution in [-0.4, -0.2) is 13.2 Å². The summed E-state index contributed by atoms with van der Waals surface area (Å²) >= 11 is 0. The number of nitrogens with two attached hydrogens (primary N) is 1. The number of hydrogen-bond donors (Lipinski definition) is 1. The fourth-order valence-electron chi connectivity index (χ4n) is 2.72. The van der Waals surface area contributed by atoms with Crippen molar-refractivity contribution in [2.45, 2.75) is 44.1 Å². The molecule has 1 fully saturated rings. The highest BCUT2D eigenvalue weighted by molar-refractivity contribution is 5.37. The minimum absolute atomic E-state index is 0.119. The lowest BCUT2D eigenvalue weighted by molar-refractivity contribution is 0.394. The van der Waals surface area contributed by atoms with Crippen molar-refractivity contribution in [1.29, 1.82) is 0 Å². The molecule has 0 aliphatic heterocycles. The van der Waals surface area contributed by atoms with Crippen molar-refractivity contribution in [2.75, 3.05) is 7.11 Å². The Balaban J connectivity index is 2.32. The zero-order chi connectivity index (χ0) is 12.3. The highest BCUT2D eigenvalue weighted by Crippen LogP contribution is 2.36. The van der Waals surface area contributed by atoms with E-state index in [-0.39, 0.29) is 17.8 Å². The molecule has 2 atom stereocenters. The summed E-state index contributed by atoms with van der Waals surface area (Å²) in [4.78, 5) is 0. The van der Waals surface area contributed by atoms with E-state index in [0.29, 0.717) is 0 Å². The molecule has 1 aliphatic rings. The molecule has 1 aromatic rings. The van der Waals surface area contributed by atoms with Crippen LogP contribution in [0, 0.1) is 5.82 Å². The van der Waals surface area contributed by atoms with Gasteiger partial charge in [-0.3, -0.25) is 0 Å². The van der Waals surface area contributed by atoms with Crippen LogP contribution in [0.25, 0.3) is 0 Å². The Hall–Kier alpha value is -1.09. The van der Waals surface area contributed by atoms with Gasteiger partial charge in [0.2, 0.25) is 0 Å². The normalized spacial score (nSPS) is 25.4. The molecule has 17 heavy (non-hydrogen) atoms. The molecular weight excluding hydrogens is 217 g/mol. The number of methoxy groups -OCH3 is 1. The van der Waals surface area contributed by atoms with Crippen LogP contribution in [0.3, 0.4) is 0 Å². The second-order valence-electron chi connectivity index (χ2n) is 4.79. The van der Waals surface area contributed by atoms with E-state index in [1.165, 1.54) is 18.9 Å². The van der Waals surface area contributed by atoms with E-state index in [9.17, 15) is 4.39 Å². The van der Waals surface area contributed by atoms with Crippen LogP contribution in [0.1, 0.15) is 43.6 Å². The van der Waals surface area contributed by atoms with E-state index in [2.05, 4.69) is 0 Å². The van der Waals surface area contributed by atoms with Crippen LogP contribution in [0.5, 0.6) is 5.75 Å². The molecule has 2 rings (SSSR count). The summed E-state index contributed by atoms with van der Waals surface area (Å²) in [7, 11) is 1.62. The van der Waals surface area contributed by atoms with Crippen LogP contribution in [-0.2, 0) is 0 Å². The third-order valence-corrected chi connectivity index (χ3v) is 3.66. The van der Waals surface area contributed by atoms with Gasteiger partial charge in [0, 0.05) is 17.5 Å².